The maximum Gasteiger partial charge on any atom is 0.127 e. The SMILES string of the molecule is [CH2-][N]Cc1ccccc1F. The minimum atomic E-state index is -0.213. The molecule has 0 aliphatic carbocycles. The van der Waals surface area contributed by atoms with Gasteiger partial charge in [-0.1, -0.05) is 18.2 Å². The van der Waals surface area contributed by atoms with Crippen LogP contribution >= 0.6 is 0 Å². The molecule has 1 aromatic carbocycles. The first-order valence-electron chi connectivity index (χ1n) is 3.00. The van der Waals surface area contributed by atoms with Crippen molar-refractivity contribution in [2.75, 3.05) is 0 Å². The van der Waals surface area contributed by atoms with Crippen LogP contribution in [0.15, 0.2) is 24.3 Å². The van der Waals surface area contributed by atoms with Crippen molar-refractivity contribution in [3.05, 3.63) is 42.7 Å². The van der Waals surface area contributed by atoms with Crippen LogP contribution in [0.2, 0.25) is 0 Å². The Balaban J connectivity index is 2.81. The van der Waals surface area contributed by atoms with Gasteiger partial charge in [-0.15, -0.1) is 0 Å². The first-order chi connectivity index (χ1) is 4.84. The molecule has 1 nitrogen and oxygen atoms in total. The molecule has 1 aromatic rings. The van der Waals surface area contributed by atoms with Crippen LogP contribution in [0.1, 0.15) is 5.56 Å². The second-order valence-corrected chi connectivity index (χ2v) is 1.97. The van der Waals surface area contributed by atoms with Gasteiger partial charge in [0.25, 0.3) is 0 Å². The quantitative estimate of drug-likeness (QED) is 0.551. The highest BCUT2D eigenvalue weighted by molar-refractivity contribution is 5.16. The summed E-state index contributed by atoms with van der Waals surface area (Å²) in [6, 6.07) is 6.55. The molecule has 0 N–H and O–H groups in total. The average Bonchev–Trinajstić information content (AvgIpc) is 1.94. The molecule has 0 heterocycles. The van der Waals surface area contributed by atoms with Crippen LogP contribution in [-0.2, 0) is 6.54 Å². The molecule has 2 heteroatoms. The van der Waals surface area contributed by atoms with Crippen LogP contribution in [0, 0.1) is 12.9 Å². The highest BCUT2D eigenvalue weighted by atomic mass is 19.1. The van der Waals surface area contributed by atoms with Crippen molar-refractivity contribution in [1.29, 1.82) is 0 Å². The van der Waals surface area contributed by atoms with Gasteiger partial charge in [0, 0.05) is 12.1 Å². The Hall–Kier alpha value is -0.890. The largest absolute Gasteiger partial charge is 0.420 e. The fourth-order valence-corrected chi connectivity index (χ4v) is 0.747. The smallest absolute Gasteiger partial charge is 0.127 e. The summed E-state index contributed by atoms with van der Waals surface area (Å²) in [6.45, 7) is 0.354. The fraction of sp³-hybridized carbons (Fsp3) is 0.125. The van der Waals surface area contributed by atoms with Crippen LogP contribution < -0.4 is 5.32 Å². The minimum absolute atomic E-state index is 0.213. The van der Waals surface area contributed by atoms with E-state index < -0.39 is 0 Å². The predicted molar refractivity (Wildman–Crippen MR) is 37.6 cm³/mol. The van der Waals surface area contributed by atoms with E-state index in [1.807, 2.05) is 0 Å². The molecule has 0 amide bonds. The maximum atomic E-state index is 12.7. The van der Waals surface area contributed by atoms with Gasteiger partial charge in [0.1, 0.15) is 5.82 Å². The van der Waals surface area contributed by atoms with Crippen molar-refractivity contribution in [3.63, 3.8) is 0 Å². The third-order valence-electron chi connectivity index (χ3n) is 1.24. The molecule has 0 aliphatic rings. The number of nitrogens with zero attached hydrogens (tertiary/aromatic N) is 1. The molecule has 0 atom stereocenters. The molecule has 0 saturated heterocycles. The Morgan fingerprint density at radius 3 is 2.70 bits per heavy atom. The molecular weight excluding hydrogens is 129 g/mol. The van der Waals surface area contributed by atoms with Gasteiger partial charge in [-0.3, -0.25) is 7.05 Å². The lowest BCUT2D eigenvalue weighted by Gasteiger charge is -2.02. The van der Waals surface area contributed by atoms with Crippen molar-refractivity contribution < 1.29 is 4.39 Å². The van der Waals surface area contributed by atoms with E-state index in [1.54, 1.807) is 18.2 Å². The molecule has 0 unspecified atom stereocenters. The van der Waals surface area contributed by atoms with E-state index in [9.17, 15) is 4.39 Å². The number of rotatable bonds is 2. The van der Waals surface area contributed by atoms with E-state index in [4.69, 9.17) is 0 Å². The molecule has 0 bridgehead atoms. The molecule has 1 radical (unpaired) electrons. The Morgan fingerprint density at radius 2 is 2.10 bits per heavy atom. The summed E-state index contributed by atoms with van der Waals surface area (Å²) in [6.07, 6.45) is 0. The second kappa shape index (κ2) is 3.32. The van der Waals surface area contributed by atoms with Crippen molar-refractivity contribution in [1.82, 2.24) is 5.32 Å². The van der Waals surface area contributed by atoms with Crippen molar-refractivity contribution in [2.24, 2.45) is 0 Å². The van der Waals surface area contributed by atoms with Crippen LogP contribution in [0.3, 0.4) is 0 Å². The molecule has 0 saturated carbocycles. The number of halogens is 1. The summed E-state index contributed by atoms with van der Waals surface area (Å²) in [5.74, 6) is -0.213. The lowest BCUT2D eigenvalue weighted by molar-refractivity contribution is 0.602. The Morgan fingerprint density at radius 1 is 1.40 bits per heavy atom. The van der Waals surface area contributed by atoms with Gasteiger partial charge >= 0.3 is 0 Å². The molecule has 0 aliphatic heterocycles. The Labute approximate surface area is 59.9 Å². The lowest BCUT2D eigenvalue weighted by atomic mass is 10.2. The number of benzene rings is 1. The normalized spacial score (nSPS) is 9.80. The minimum Gasteiger partial charge on any atom is -0.420 e. The summed E-state index contributed by atoms with van der Waals surface area (Å²) in [4.78, 5) is 0. The average molecular weight is 137 g/mol. The van der Waals surface area contributed by atoms with Gasteiger partial charge in [-0.05, 0) is 6.07 Å². The summed E-state index contributed by atoms with van der Waals surface area (Å²) in [5, 5.41) is 3.58. The highest BCUT2D eigenvalue weighted by Crippen LogP contribution is 2.05. The van der Waals surface area contributed by atoms with Gasteiger partial charge in [0.2, 0.25) is 0 Å². The molecule has 10 heavy (non-hydrogen) atoms. The summed E-state index contributed by atoms with van der Waals surface area (Å²) in [7, 11) is 3.28. The van der Waals surface area contributed by atoms with Crippen LogP contribution in [0.25, 0.3) is 0 Å². The van der Waals surface area contributed by atoms with E-state index in [-0.39, 0.29) is 5.82 Å². The molecule has 1 rings (SSSR count). The summed E-state index contributed by atoms with van der Waals surface area (Å²) < 4.78 is 12.7. The molecule has 0 fully saturated rings. The predicted octanol–water partition coefficient (Wildman–Crippen LogP) is 1.72. The number of hydrogen-bond acceptors (Lipinski definition) is 0. The maximum absolute atomic E-state index is 12.7. The second-order valence-electron chi connectivity index (χ2n) is 1.97. The highest BCUT2D eigenvalue weighted by Gasteiger charge is 1.95. The Bertz CT molecular complexity index is 210. The monoisotopic (exact) mass is 137 g/mol. The van der Waals surface area contributed by atoms with Crippen molar-refractivity contribution in [2.45, 2.75) is 6.54 Å². The number of hydrogen-bond donors (Lipinski definition) is 0. The van der Waals surface area contributed by atoms with E-state index in [0.29, 0.717) is 12.1 Å². The fourth-order valence-electron chi connectivity index (χ4n) is 0.747. The van der Waals surface area contributed by atoms with Crippen LogP contribution in [0.4, 0.5) is 4.39 Å². The Kier molecular flexibility index (Phi) is 2.40. The topological polar surface area (TPSA) is 14.1 Å². The van der Waals surface area contributed by atoms with Crippen LogP contribution in [0.5, 0.6) is 0 Å². The molecule has 53 valence electrons. The standard InChI is InChI=1S/C8H8FN/c1-10-6-7-4-2-3-5-8(7)9/h2-5H,1,6H2/q-1. The zero-order chi connectivity index (χ0) is 7.40. The third kappa shape index (κ3) is 1.54. The van der Waals surface area contributed by atoms with Crippen molar-refractivity contribution in [3.8, 4) is 0 Å². The van der Waals surface area contributed by atoms with E-state index >= 15 is 0 Å². The summed E-state index contributed by atoms with van der Waals surface area (Å²) in [5.41, 5.74) is 0.595. The third-order valence-corrected chi connectivity index (χ3v) is 1.24. The van der Waals surface area contributed by atoms with Crippen LogP contribution in [-0.4, -0.2) is 0 Å². The van der Waals surface area contributed by atoms with Crippen molar-refractivity contribution >= 4 is 0 Å². The van der Waals surface area contributed by atoms with E-state index in [2.05, 4.69) is 12.4 Å². The van der Waals surface area contributed by atoms with Gasteiger partial charge < -0.3 is 5.32 Å². The zero-order valence-electron chi connectivity index (χ0n) is 5.55. The van der Waals surface area contributed by atoms with Gasteiger partial charge in [-0.25, -0.2) is 4.39 Å². The first-order valence-corrected chi connectivity index (χ1v) is 3.00. The molecule has 0 aromatic heterocycles. The molecule has 0 spiro atoms. The van der Waals surface area contributed by atoms with E-state index in [1.165, 1.54) is 6.07 Å². The van der Waals surface area contributed by atoms with Gasteiger partial charge in [0.05, 0.1) is 0 Å². The van der Waals surface area contributed by atoms with Gasteiger partial charge in [0.15, 0.2) is 0 Å². The lowest BCUT2D eigenvalue weighted by Crippen LogP contribution is -1.96. The first kappa shape index (κ1) is 7.22. The molecular formula is C8H8FN-. The van der Waals surface area contributed by atoms with E-state index in [0.717, 1.165) is 0 Å². The zero-order valence-corrected chi connectivity index (χ0v) is 5.55. The van der Waals surface area contributed by atoms with Gasteiger partial charge in [-0.2, -0.15) is 0 Å². The summed E-state index contributed by atoms with van der Waals surface area (Å²) >= 11 is 0.